The molecule has 0 fully saturated rings. The number of thiazole rings is 1. The van der Waals surface area contributed by atoms with Gasteiger partial charge in [0.15, 0.2) is 0 Å². The molecule has 2 aromatic rings. The van der Waals surface area contributed by atoms with Crippen LogP contribution in [0.25, 0.3) is 0 Å². The molecule has 2 unspecified atom stereocenters. The molecule has 0 bridgehead atoms. The molecule has 0 aliphatic heterocycles. The van der Waals surface area contributed by atoms with Crippen molar-refractivity contribution in [2.45, 2.75) is 32.4 Å². The summed E-state index contributed by atoms with van der Waals surface area (Å²) in [6, 6.07) is 10.8. The van der Waals surface area contributed by atoms with Gasteiger partial charge in [0.2, 0.25) is 0 Å². The van der Waals surface area contributed by atoms with Crippen LogP contribution < -0.4 is 5.32 Å². The smallest absolute Gasteiger partial charge is 0.121 e. The van der Waals surface area contributed by atoms with Gasteiger partial charge < -0.3 is 10.1 Å². The fraction of sp³-hybridized carbons (Fsp3) is 0.438. The predicted octanol–water partition coefficient (Wildman–Crippen LogP) is 3.74. The van der Waals surface area contributed by atoms with E-state index in [9.17, 15) is 0 Å². The normalized spacial score (nSPS) is 14.2. The minimum absolute atomic E-state index is 0.0866. The van der Waals surface area contributed by atoms with Gasteiger partial charge >= 0.3 is 0 Å². The second-order valence-electron chi connectivity index (χ2n) is 4.73. The number of benzene rings is 1. The Morgan fingerprint density at radius 1 is 1.30 bits per heavy atom. The number of rotatable bonds is 7. The van der Waals surface area contributed by atoms with Crippen molar-refractivity contribution in [3.8, 4) is 0 Å². The number of hydrogen-bond acceptors (Lipinski definition) is 4. The van der Waals surface area contributed by atoms with Crippen LogP contribution in [0.5, 0.6) is 0 Å². The van der Waals surface area contributed by atoms with Crippen molar-refractivity contribution in [1.29, 1.82) is 0 Å². The third-order valence-corrected chi connectivity index (χ3v) is 4.35. The molecule has 4 heteroatoms. The Bertz CT molecular complexity index is 512. The molecule has 108 valence electrons. The Morgan fingerprint density at radius 2 is 2.05 bits per heavy atom. The lowest BCUT2D eigenvalue weighted by Crippen LogP contribution is -2.18. The van der Waals surface area contributed by atoms with Crippen LogP contribution in [-0.2, 0) is 11.2 Å². The molecular weight excluding hydrogens is 268 g/mol. The van der Waals surface area contributed by atoms with Gasteiger partial charge in [0.1, 0.15) is 11.1 Å². The van der Waals surface area contributed by atoms with Gasteiger partial charge in [-0.2, -0.15) is 0 Å². The lowest BCUT2D eigenvalue weighted by atomic mass is 10.0. The summed E-state index contributed by atoms with van der Waals surface area (Å²) in [5.74, 6) is 0. The highest BCUT2D eigenvalue weighted by Crippen LogP contribution is 2.24. The van der Waals surface area contributed by atoms with Crippen LogP contribution >= 0.6 is 11.3 Å². The molecule has 2 rings (SSSR count). The second-order valence-corrected chi connectivity index (χ2v) is 5.62. The minimum atomic E-state index is 0.0866. The molecule has 1 aromatic carbocycles. The van der Waals surface area contributed by atoms with Crippen molar-refractivity contribution in [2.24, 2.45) is 0 Å². The zero-order valence-corrected chi connectivity index (χ0v) is 13.1. The van der Waals surface area contributed by atoms with Crippen LogP contribution in [0.1, 0.15) is 42.3 Å². The van der Waals surface area contributed by atoms with Crippen LogP contribution in [0.3, 0.4) is 0 Å². The molecule has 1 heterocycles. The average molecular weight is 290 g/mol. The van der Waals surface area contributed by atoms with Gasteiger partial charge in [0.25, 0.3) is 0 Å². The molecule has 0 radical (unpaired) electrons. The van der Waals surface area contributed by atoms with Gasteiger partial charge in [0.05, 0.1) is 5.69 Å². The molecule has 1 N–H and O–H groups in total. The maximum Gasteiger partial charge on any atom is 0.121 e. The van der Waals surface area contributed by atoms with Gasteiger partial charge in [0, 0.05) is 24.4 Å². The van der Waals surface area contributed by atoms with Gasteiger partial charge in [-0.1, -0.05) is 30.3 Å². The Labute approximate surface area is 125 Å². The Balaban J connectivity index is 2.05. The van der Waals surface area contributed by atoms with Gasteiger partial charge in [-0.15, -0.1) is 11.3 Å². The summed E-state index contributed by atoms with van der Waals surface area (Å²) in [4.78, 5) is 4.70. The van der Waals surface area contributed by atoms with E-state index in [2.05, 4.69) is 41.9 Å². The van der Waals surface area contributed by atoms with Gasteiger partial charge in [-0.3, -0.25) is 0 Å². The highest BCUT2D eigenvalue weighted by molar-refractivity contribution is 7.09. The number of nitrogens with zero attached hydrogens (tertiary/aromatic N) is 1. The first-order valence-electron chi connectivity index (χ1n) is 7.02. The number of likely N-dealkylation sites (N-methyl/N-ethyl adjacent to an activating group) is 1. The second kappa shape index (κ2) is 7.53. The van der Waals surface area contributed by atoms with Crippen molar-refractivity contribution >= 4 is 11.3 Å². The third-order valence-electron chi connectivity index (χ3n) is 3.30. The molecule has 0 amide bonds. The maximum atomic E-state index is 5.59. The first kappa shape index (κ1) is 15.2. The van der Waals surface area contributed by atoms with Crippen molar-refractivity contribution in [3.05, 3.63) is 52.0 Å². The summed E-state index contributed by atoms with van der Waals surface area (Å²) < 4.78 is 5.59. The van der Waals surface area contributed by atoms with Crippen molar-refractivity contribution in [3.63, 3.8) is 0 Å². The Hall–Kier alpha value is -1.23. The van der Waals surface area contributed by atoms with E-state index in [-0.39, 0.29) is 6.10 Å². The minimum Gasteiger partial charge on any atom is -0.372 e. The lowest BCUT2D eigenvalue weighted by Gasteiger charge is -2.15. The third kappa shape index (κ3) is 3.88. The molecular formula is C16H22N2OS. The maximum absolute atomic E-state index is 5.59. The summed E-state index contributed by atoms with van der Waals surface area (Å²) in [5, 5.41) is 6.56. The molecule has 20 heavy (non-hydrogen) atoms. The summed E-state index contributed by atoms with van der Waals surface area (Å²) >= 11 is 1.68. The highest BCUT2D eigenvalue weighted by atomic mass is 32.1. The first-order chi connectivity index (χ1) is 9.74. The zero-order chi connectivity index (χ0) is 14.4. The average Bonchev–Trinajstić information content (AvgIpc) is 2.94. The monoisotopic (exact) mass is 290 g/mol. The van der Waals surface area contributed by atoms with Crippen molar-refractivity contribution in [1.82, 2.24) is 10.3 Å². The summed E-state index contributed by atoms with van der Waals surface area (Å²) in [7, 11) is 1.99. The van der Waals surface area contributed by atoms with E-state index < -0.39 is 0 Å². The SMILES string of the molecule is CCOC(C)c1nc(CC(NC)c2ccccc2)cs1. The summed E-state index contributed by atoms with van der Waals surface area (Å²) in [5.41, 5.74) is 2.42. The van der Waals surface area contributed by atoms with E-state index in [4.69, 9.17) is 9.72 Å². The Kier molecular flexibility index (Phi) is 5.71. The molecule has 0 aliphatic carbocycles. The molecule has 0 saturated heterocycles. The molecule has 2 atom stereocenters. The number of hydrogen-bond donors (Lipinski definition) is 1. The molecule has 1 aromatic heterocycles. The van der Waals surface area contributed by atoms with E-state index in [1.54, 1.807) is 11.3 Å². The van der Waals surface area contributed by atoms with E-state index in [1.807, 2.05) is 20.0 Å². The molecule has 0 spiro atoms. The standard InChI is InChI=1S/C16H22N2OS/c1-4-19-12(2)16-18-14(11-20-16)10-15(17-3)13-8-6-5-7-9-13/h5-9,11-12,15,17H,4,10H2,1-3H3. The topological polar surface area (TPSA) is 34.1 Å². The highest BCUT2D eigenvalue weighted by Gasteiger charge is 2.14. The van der Waals surface area contributed by atoms with Crippen LogP contribution in [0.15, 0.2) is 35.7 Å². The summed E-state index contributed by atoms with van der Waals surface area (Å²) in [6.45, 7) is 4.79. The van der Waals surface area contributed by atoms with Crippen LogP contribution in [0, 0.1) is 0 Å². The predicted molar refractivity (Wildman–Crippen MR) is 84.1 cm³/mol. The number of ether oxygens (including phenoxy) is 1. The summed E-state index contributed by atoms with van der Waals surface area (Å²) in [6.07, 6.45) is 0.985. The Morgan fingerprint density at radius 3 is 2.70 bits per heavy atom. The fourth-order valence-corrected chi connectivity index (χ4v) is 3.04. The fourth-order valence-electron chi connectivity index (χ4n) is 2.21. The van der Waals surface area contributed by atoms with Gasteiger partial charge in [-0.25, -0.2) is 4.98 Å². The van der Waals surface area contributed by atoms with E-state index >= 15 is 0 Å². The molecule has 3 nitrogen and oxygen atoms in total. The first-order valence-corrected chi connectivity index (χ1v) is 7.90. The quantitative estimate of drug-likeness (QED) is 0.843. The molecule has 0 saturated carbocycles. The van der Waals surface area contributed by atoms with Crippen LogP contribution in [0.4, 0.5) is 0 Å². The molecule has 0 aliphatic rings. The number of nitrogens with one attached hydrogen (secondary N) is 1. The van der Waals surface area contributed by atoms with Gasteiger partial charge in [-0.05, 0) is 26.5 Å². The number of aromatic nitrogens is 1. The van der Waals surface area contributed by atoms with Crippen molar-refractivity contribution in [2.75, 3.05) is 13.7 Å². The van der Waals surface area contributed by atoms with Crippen molar-refractivity contribution < 1.29 is 4.74 Å². The van der Waals surface area contributed by atoms with Crippen LogP contribution in [-0.4, -0.2) is 18.6 Å². The largest absolute Gasteiger partial charge is 0.372 e. The van der Waals surface area contributed by atoms with Crippen LogP contribution in [0.2, 0.25) is 0 Å². The van der Waals surface area contributed by atoms with E-state index in [1.165, 1.54) is 5.56 Å². The zero-order valence-electron chi connectivity index (χ0n) is 12.3. The van der Waals surface area contributed by atoms with E-state index in [0.29, 0.717) is 6.04 Å². The van der Waals surface area contributed by atoms with E-state index in [0.717, 1.165) is 23.7 Å². The lowest BCUT2D eigenvalue weighted by molar-refractivity contribution is 0.0761.